The van der Waals surface area contributed by atoms with Crippen molar-refractivity contribution in [2.75, 3.05) is 18.1 Å². The lowest BCUT2D eigenvalue weighted by atomic mass is 9.85. The fourth-order valence-electron chi connectivity index (χ4n) is 2.74. The summed E-state index contributed by atoms with van der Waals surface area (Å²) in [6.07, 6.45) is 1.57. The van der Waals surface area contributed by atoms with Crippen molar-refractivity contribution in [3.8, 4) is 5.75 Å². The summed E-state index contributed by atoms with van der Waals surface area (Å²) in [4.78, 5) is 0. The Balaban J connectivity index is 1.93. The molecule has 2 nitrogen and oxygen atoms in total. The van der Waals surface area contributed by atoms with E-state index in [0.29, 0.717) is 12.3 Å². The Bertz CT molecular complexity index is 477. The van der Waals surface area contributed by atoms with Crippen LogP contribution in [0.25, 0.3) is 0 Å². The van der Waals surface area contributed by atoms with Crippen molar-refractivity contribution in [2.45, 2.75) is 25.4 Å². The van der Waals surface area contributed by atoms with Crippen LogP contribution in [0.3, 0.4) is 0 Å². The molecule has 0 aromatic heterocycles. The standard InChI is InChI=1S/C14H17ClO2S/c1-9-7-18-8-14(9,16)6-11-5-12(15)4-10-2-3-17-13(10)11/h4-5,9,16H,2-3,6-8H2,1H3. The predicted octanol–water partition coefficient (Wildman–Crippen LogP) is 2.93. The predicted molar refractivity (Wildman–Crippen MR) is 75.8 cm³/mol. The van der Waals surface area contributed by atoms with Gasteiger partial charge in [0.25, 0.3) is 0 Å². The second-order valence-electron chi connectivity index (χ2n) is 5.35. The van der Waals surface area contributed by atoms with Crippen LogP contribution in [-0.2, 0) is 12.8 Å². The lowest BCUT2D eigenvalue weighted by Gasteiger charge is -2.27. The summed E-state index contributed by atoms with van der Waals surface area (Å²) in [5.74, 6) is 3.10. The topological polar surface area (TPSA) is 29.5 Å². The SMILES string of the molecule is CC1CSCC1(O)Cc1cc(Cl)cc2c1OCC2. The number of benzene rings is 1. The van der Waals surface area contributed by atoms with Crippen LogP contribution >= 0.6 is 23.4 Å². The van der Waals surface area contributed by atoms with Crippen LogP contribution in [0.5, 0.6) is 5.75 Å². The Labute approximate surface area is 117 Å². The Morgan fingerprint density at radius 2 is 2.39 bits per heavy atom. The van der Waals surface area contributed by atoms with Crippen LogP contribution in [0.4, 0.5) is 0 Å². The highest BCUT2D eigenvalue weighted by molar-refractivity contribution is 7.99. The first kappa shape index (κ1) is 12.6. The third-order valence-electron chi connectivity index (χ3n) is 3.96. The summed E-state index contributed by atoms with van der Waals surface area (Å²) < 4.78 is 5.70. The van der Waals surface area contributed by atoms with E-state index in [1.54, 1.807) is 0 Å². The molecule has 0 bridgehead atoms. The van der Waals surface area contributed by atoms with Gasteiger partial charge in [-0.1, -0.05) is 18.5 Å². The molecule has 0 saturated carbocycles. The van der Waals surface area contributed by atoms with Crippen LogP contribution in [0, 0.1) is 5.92 Å². The van der Waals surface area contributed by atoms with Gasteiger partial charge in [0.15, 0.2) is 0 Å². The molecule has 2 unspecified atom stereocenters. The highest BCUT2D eigenvalue weighted by Crippen LogP contribution is 2.40. The van der Waals surface area contributed by atoms with E-state index in [-0.39, 0.29) is 0 Å². The Morgan fingerprint density at radius 1 is 1.56 bits per heavy atom. The first-order valence-electron chi connectivity index (χ1n) is 6.33. The molecule has 0 aliphatic carbocycles. The van der Waals surface area contributed by atoms with E-state index in [1.807, 2.05) is 23.9 Å². The van der Waals surface area contributed by atoms with Crippen LogP contribution in [0.1, 0.15) is 18.1 Å². The van der Waals surface area contributed by atoms with E-state index < -0.39 is 5.60 Å². The molecule has 0 spiro atoms. The van der Waals surface area contributed by atoms with Crippen molar-refractivity contribution in [1.29, 1.82) is 0 Å². The van der Waals surface area contributed by atoms with Gasteiger partial charge in [-0.05, 0) is 34.9 Å². The number of hydrogen-bond donors (Lipinski definition) is 1. The molecule has 2 aliphatic heterocycles. The van der Waals surface area contributed by atoms with Gasteiger partial charge in [-0.15, -0.1) is 0 Å². The molecule has 1 N–H and O–H groups in total. The Kier molecular flexibility index (Phi) is 3.25. The number of fused-ring (bicyclic) bond motifs is 1. The van der Waals surface area contributed by atoms with Crippen molar-refractivity contribution in [3.05, 3.63) is 28.3 Å². The van der Waals surface area contributed by atoms with E-state index in [2.05, 4.69) is 6.92 Å². The van der Waals surface area contributed by atoms with Crippen LogP contribution in [0.2, 0.25) is 5.02 Å². The number of halogens is 1. The van der Waals surface area contributed by atoms with Gasteiger partial charge in [-0.3, -0.25) is 0 Å². The summed E-state index contributed by atoms with van der Waals surface area (Å²) >= 11 is 7.98. The number of ether oxygens (including phenoxy) is 1. The molecule has 1 saturated heterocycles. The molecule has 4 heteroatoms. The second kappa shape index (κ2) is 4.62. The summed E-state index contributed by atoms with van der Waals surface area (Å²) in [5, 5.41) is 11.5. The second-order valence-corrected chi connectivity index (χ2v) is 6.81. The first-order valence-corrected chi connectivity index (χ1v) is 7.86. The van der Waals surface area contributed by atoms with Crippen molar-refractivity contribution in [3.63, 3.8) is 0 Å². The van der Waals surface area contributed by atoms with E-state index >= 15 is 0 Å². The van der Waals surface area contributed by atoms with E-state index in [0.717, 1.165) is 40.9 Å². The lowest BCUT2D eigenvalue weighted by molar-refractivity contribution is 0.0273. The molecule has 2 aliphatic rings. The zero-order valence-electron chi connectivity index (χ0n) is 10.4. The first-order chi connectivity index (χ1) is 8.58. The molecule has 0 amide bonds. The zero-order chi connectivity index (χ0) is 12.8. The molecule has 1 fully saturated rings. The number of aliphatic hydroxyl groups is 1. The average Bonchev–Trinajstić information content (AvgIpc) is 2.87. The summed E-state index contributed by atoms with van der Waals surface area (Å²) in [5.41, 5.74) is 1.63. The smallest absolute Gasteiger partial charge is 0.126 e. The van der Waals surface area contributed by atoms with Crippen molar-refractivity contribution >= 4 is 23.4 Å². The highest BCUT2D eigenvalue weighted by atomic mass is 35.5. The molecular weight excluding hydrogens is 268 g/mol. The summed E-state index contributed by atoms with van der Waals surface area (Å²) in [6, 6.07) is 3.92. The van der Waals surface area contributed by atoms with Crippen molar-refractivity contribution in [2.24, 2.45) is 5.92 Å². The van der Waals surface area contributed by atoms with E-state index in [1.165, 1.54) is 5.56 Å². The quantitative estimate of drug-likeness (QED) is 0.905. The van der Waals surface area contributed by atoms with Gasteiger partial charge in [-0.25, -0.2) is 0 Å². The van der Waals surface area contributed by atoms with Crippen LogP contribution < -0.4 is 4.74 Å². The van der Waals surface area contributed by atoms with Gasteiger partial charge in [0.05, 0.1) is 12.2 Å². The van der Waals surface area contributed by atoms with Gasteiger partial charge in [0, 0.05) is 23.6 Å². The lowest BCUT2D eigenvalue weighted by Crippen LogP contribution is -2.37. The number of rotatable bonds is 2. The average molecular weight is 285 g/mol. The molecule has 1 aromatic rings. The summed E-state index contributed by atoms with van der Waals surface area (Å²) in [7, 11) is 0. The molecule has 98 valence electrons. The normalized spacial score (nSPS) is 30.3. The molecular formula is C14H17ClO2S. The maximum atomic E-state index is 10.7. The van der Waals surface area contributed by atoms with Crippen molar-refractivity contribution < 1.29 is 9.84 Å². The third-order valence-corrected chi connectivity index (χ3v) is 5.62. The minimum atomic E-state index is -0.616. The fraction of sp³-hybridized carbons (Fsp3) is 0.571. The largest absolute Gasteiger partial charge is 0.493 e. The summed E-state index contributed by atoms with van der Waals surface area (Å²) in [6.45, 7) is 2.84. The molecule has 18 heavy (non-hydrogen) atoms. The van der Waals surface area contributed by atoms with Crippen LogP contribution in [-0.4, -0.2) is 28.8 Å². The van der Waals surface area contributed by atoms with Crippen LogP contribution in [0.15, 0.2) is 12.1 Å². The molecule has 0 radical (unpaired) electrons. The van der Waals surface area contributed by atoms with Gasteiger partial charge >= 0.3 is 0 Å². The fourth-order valence-corrected chi connectivity index (χ4v) is 4.53. The number of thioether (sulfide) groups is 1. The zero-order valence-corrected chi connectivity index (χ0v) is 12.0. The maximum Gasteiger partial charge on any atom is 0.126 e. The Morgan fingerprint density at radius 3 is 3.11 bits per heavy atom. The monoisotopic (exact) mass is 284 g/mol. The van der Waals surface area contributed by atoms with Gasteiger partial charge in [0.2, 0.25) is 0 Å². The minimum absolute atomic E-state index is 0.318. The highest BCUT2D eigenvalue weighted by Gasteiger charge is 2.40. The van der Waals surface area contributed by atoms with E-state index in [9.17, 15) is 5.11 Å². The number of hydrogen-bond acceptors (Lipinski definition) is 3. The molecule has 2 atom stereocenters. The van der Waals surface area contributed by atoms with Gasteiger partial charge in [0.1, 0.15) is 5.75 Å². The molecule has 2 heterocycles. The third kappa shape index (κ3) is 2.13. The van der Waals surface area contributed by atoms with Gasteiger partial charge in [-0.2, -0.15) is 11.8 Å². The molecule has 1 aromatic carbocycles. The Hall–Kier alpha value is -0.380. The molecule has 3 rings (SSSR count). The minimum Gasteiger partial charge on any atom is -0.493 e. The maximum absolute atomic E-state index is 10.7. The van der Waals surface area contributed by atoms with E-state index in [4.69, 9.17) is 16.3 Å². The van der Waals surface area contributed by atoms with Crippen molar-refractivity contribution in [1.82, 2.24) is 0 Å². The van der Waals surface area contributed by atoms with Gasteiger partial charge < -0.3 is 9.84 Å².